The van der Waals surface area contributed by atoms with Crippen LogP contribution in [0, 0.1) is 128 Å². The van der Waals surface area contributed by atoms with Gasteiger partial charge in [-0.15, -0.1) is 56.7 Å². The van der Waals surface area contributed by atoms with Crippen molar-refractivity contribution in [1.29, 1.82) is 0 Å². The third kappa shape index (κ3) is 45.8. The lowest BCUT2D eigenvalue weighted by Gasteiger charge is -2.19. The molecule has 113 heavy (non-hydrogen) atoms. The third-order valence-electron chi connectivity index (χ3n) is 26.1. The van der Waals surface area contributed by atoms with Gasteiger partial charge in [0.25, 0.3) is 0 Å². The summed E-state index contributed by atoms with van der Waals surface area (Å²) >= 11 is 10.2. The van der Waals surface area contributed by atoms with Crippen LogP contribution in [0.1, 0.15) is 487 Å². The summed E-state index contributed by atoms with van der Waals surface area (Å²) in [6.45, 7) is 70.6. The molecule has 0 nitrogen and oxygen atoms in total. The zero-order valence-electron chi connectivity index (χ0n) is 81.8. The summed E-state index contributed by atoms with van der Waals surface area (Å²) in [5, 5.41) is 0. The van der Waals surface area contributed by atoms with Crippen LogP contribution in [0.25, 0.3) is 0 Å². The lowest BCUT2D eigenvalue weighted by atomic mass is 9.85. The van der Waals surface area contributed by atoms with Crippen LogP contribution in [-0.4, -0.2) is 0 Å². The fourth-order valence-corrected chi connectivity index (χ4v) is 23.6. The van der Waals surface area contributed by atoms with Crippen LogP contribution >= 0.6 is 56.7 Å². The molecule has 0 saturated heterocycles. The molecule has 0 radical (unpaired) electrons. The number of hydrogen-bond acceptors (Lipinski definition) is 5. The highest BCUT2D eigenvalue weighted by Crippen LogP contribution is 2.40. The largest absolute Gasteiger partial charge is 0.145 e. The minimum absolute atomic E-state index is 0.813. The summed E-state index contributed by atoms with van der Waals surface area (Å²) in [5.74, 6) is 8.52. The SMILES string of the molecule is CCCCC(C)Cc1c(C)sc(C)c1CC(C)CCCC.CCCCC(CC)Cc1c(C)sc(C)c1CC(CC)CCCC.CCCCCCC(C)Cc1c(C)sc(C)c1CC(C)CCCCCC.CCCCCCC(CC)Cc1c(C)sc(C)c1CC(CC)CCCCCC.Cc1sc(C)c(CCC(C)C)c1CCC(C)C. The van der Waals surface area contributed by atoms with Gasteiger partial charge in [0.15, 0.2) is 0 Å². The molecule has 5 aromatic heterocycles. The van der Waals surface area contributed by atoms with Gasteiger partial charge >= 0.3 is 0 Å². The summed E-state index contributed by atoms with van der Waals surface area (Å²) < 4.78 is 0. The molecule has 0 aromatic carbocycles. The first-order valence-corrected chi connectivity index (χ1v) is 53.5. The Bertz CT molecular complexity index is 2870. The Hall–Kier alpha value is -1.50. The molecule has 0 fully saturated rings. The maximum absolute atomic E-state index is 2.47. The van der Waals surface area contributed by atoms with E-state index in [1.807, 2.05) is 45.3 Å². The number of rotatable bonds is 58. The fraction of sp³-hybridized carbons (Fsp3) is 0.815. The Kier molecular flexibility index (Phi) is 64.1. The quantitative estimate of drug-likeness (QED) is 0.0340. The minimum Gasteiger partial charge on any atom is -0.145 e. The van der Waals surface area contributed by atoms with Gasteiger partial charge in [0.2, 0.25) is 0 Å². The zero-order valence-corrected chi connectivity index (χ0v) is 85.8. The highest BCUT2D eigenvalue weighted by Gasteiger charge is 2.24. The van der Waals surface area contributed by atoms with E-state index in [-0.39, 0.29) is 0 Å². The standard InChI is InChI=1S/C26H48S.C24H44S.C22H40S.C20H36S.C16H28S/c1-7-11-13-15-17-23(9-3)19-25-21(5)27-22(6)26(25)20-24(10-4)18-16-14-12-8-2;1-7-9-11-13-15-19(3)17-23-21(5)25-22(6)24(23)18-20(4)16-14-12-10-8-2;1-7-11-13-19(9-3)15-21-17(5)23-18(6)22(21)16-20(10-4)14-12-8-2;1-7-9-11-15(3)13-19-17(5)21-18(6)20(19)14-16(4)12-10-8-2;1-11(2)7-9-15-13(5)17-14(6)16(15)10-8-12(3)4/h23-24H,7-20H2,1-6H3;19-20H,7-18H2,1-6H3;19-20H,7-16H2,1-6H3;15-16H,7-14H2,1-6H3;11-12H,7-10H2,1-6H3. The van der Waals surface area contributed by atoms with E-state index in [4.69, 9.17) is 0 Å². The average molecular weight is 1660 g/mol. The van der Waals surface area contributed by atoms with E-state index < -0.39 is 0 Å². The van der Waals surface area contributed by atoms with Gasteiger partial charge in [0.05, 0.1) is 0 Å². The predicted octanol–water partition coefficient (Wildman–Crippen LogP) is 38.6. The molecule has 0 spiro atoms. The molecule has 0 saturated carbocycles. The van der Waals surface area contributed by atoms with Crippen LogP contribution in [0.2, 0.25) is 0 Å². The van der Waals surface area contributed by atoms with E-state index in [1.165, 1.54) is 308 Å². The summed E-state index contributed by atoms with van der Waals surface area (Å²) in [6, 6.07) is 0. The highest BCUT2D eigenvalue weighted by molar-refractivity contribution is 7.13. The highest BCUT2D eigenvalue weighted by atomic mass is 32.1. The van der Waals surface area contributed by atoms with Gasteiger partial charge in [-0.05, 0) is 261 Å². The molecule has 8 unspecified atom stereocenters. The molecule has 5 rings (SSSR count). The smallest absolute Gasteiger partial charge is 0.00519 e. The zero-order chi connectivity index (χ0) is 84.8. The Labute approximate surface area is 730 Å². The summed E-state index contributed by atoms with van der Waals surface area (Å²) in [5.41, 5.74) is 17.1. The van der Waals surface area contributed by atoms with Crippen molar-refractivity contribution in [2.45, 2.75) is 516 Å². The van der Waals surface area contributed by atoms with Crippen LogP contribution in [0.4, 0.5) is 0 Å². The third-order valence-corrected chi connectivity index (χ3v) is 31.6. The van der Waals surface area contributed by atoms with Gasteiger partial charge in [0, 0.05) is 48.8 Å². The molecular formula is C108H196S5. The van der Waals surface area contributed by atoms with Crippen molar-refractivity contribution >= 4 is 56.7 Å². The number of thiophene rings is 5. The molecule has 0 amide bonds. The van der Waals surface area contributed by atoms with Gasteiger partial charge in [-0.25, -0.2) is 0 Å². The van der Waals surface area contributed by atoms with E-state index in [2.05, 4.69) is 219 Å². The van der Waals surface area contributed by atoms with E-state index in [9.17, 15) is 0 Å². The van der Waals surface area contributed by atoms with Crippen molar-refractivity contribution in [3.63, 3.8) is 0 Å². The van der Waals surface area contributed by atoms with Gasteiger partial charge < -0.3 is 0 Å². The fourth-order valence-electron chi connectivity index (χ4n) is 18.0. The van der Waals surface area contributed by atoms with Crippen LogP contribution in [-0.2, 0) is 64.2 Å². The van der Waals surface area contributed by atoms with Crippen LogP contribution in [0.15, 0.2) is 0 Å². The first kappa shape index (κ1) is 110. The van der Waals surface area contributed by atoms with Crippen LogP contribution < -0.4 is 0 Å². The van der Waals surface area contributed by atoms with Gasteiger partial charge in [-0.3, -0.25) is 0 Å². The molecule has 5 heteroatoms. The Balaban J connectivity index is 0.000000711. The van der Waals surface area contributed by atoms with E-state index in [0.29, 0.717) is 0 Å². The average Bonchev–Trinajstić information content (AvgIpc) is 1.70. The second-order valence-electron chi connectivity index (χ2n) is 37.8. The van der Waals surface area contributed by atoms with Crippen molar-refractivity contribution in [3.05, 3.63) is 104 Å². The van der Waals surface area contributed by atoms with E-state index in [0.717, 1.165) is 59.2 Å². The van der Waals surface area contributed by atoms with Gasteiger partial charge in [-0.1, -0.05) is 370 Å². The molecule has 0 N–H and O–H groups in total. The summed E-state index contributed by atoms with van der Waals surface area (Å²) in [7, 11) is 0. The van der Waals surface area contributed by atoms with Crippen molar-refractivity contribution in [1.82, 2.24) is 0 Å². The molecule has 8 atom stereocenters. The normalized spacial score (nSPS) is 13.7. The topological polar surface area (TPSA) is 0 Å². The maximum Gasteiger partial charge on any atom is 0.00519 e. The van der Waals surface area contributed by atoms with Crippen molar-refractivity contribution in [2.75, 3.05) is 0 Å². The predicted molar refractivity (Wildman–Crippen MR) is 530 cm³/mol. The lowest BCUT2D eigenvalue weighted by Crippen LogP contribution is -2.09. The monoisotopic (exact) mass is 1650 g/mol. The first-order chi connectivity index (χ1) is 54.0. The van der Waals surface area contributed by atoms with Gasteiger partial charge in [-0.2, -0.15) is 0 Å². The number of unbranched alkanes of at least 4 members (excludes halogenated alkanes) is 16. The minimum atomic E-state index is 0.813. The molecule has 5 aromatic rings. The van der Waals surface area contributed by atoms with Crippen molar-refractivity contribution in [2.24, 2.45) is 59.2 Å². The van der Waals surface area contributed by atoms with E-state index in [1.54, 1.807) is 104 Å². The molecule has 0 aliphatic heterocycles. The molecular weight excluding hydrogens is 1460 g/mol. The van der Waals surface area contributed by atoms with Crippen molar-refractivity contribution in [3.8, 4) is 0 Å². The Morgan fingerprint density at radius 1 is 0.177 bits per heavy atom. The Morgan fingerprint density at radius 2 is 0.345 bits per heavy atom. The van der Waals surface area contributed by atoms with Gasteiger partial charge in [0.1, 0.15) is 0 Å². The van der Waals surface area contributed by atoms with Crippen LogP contribution in [0.3, 0.4) is 0 Å². The number of hydrogen-bond donors (Lipinski definition) is 0. The first-order valence-electron chi connectivity index (χ1n) is 49.4. The second kappa shape index (κ2) is 66.2. The molecule has 0 aliphatic carbocycles. The molecule has 5 heterocycles. The van der Waals surface area contributed by atoms with Crippen LogP contribution in [0.5, 0.6) is 0 Å². The molecule has 658 valence electrons. The summed E-state index contributed by atoms with van der Waals surface area (Å²) in [4.78, 5) is 15.9. The second-order valence-corrected chi connectivity index (χ2v) is 45.0. The molecule has 0 aliphatic rings. The Morgan fingerprint density at radius 3 is 0.540 bits per heavy atom. The summed E-state index contributed by atoms with van der Waals surface area (Å²) in [6.07, 6.45) is 65.6. The maximum atomic E-state index is 2.47. The number of aryl methyl sites for hydroxylation is 10. The van der Waals surface area contributed by atoms with Crippen molar-refractivity contribution < 1.29 is 0 Å². The van der Waals surface area contributed by atoms with E-state index >= 15 is 0 Å². The lowest BCUT2D eigenvalue weighted by molar-refractivity contribution is 0.425. The molecule has 0 bridgehead atoms.